The molecule has 0 saturated carbocycles. The van der Waals surface area contributed by atoms with Crippen LogP contribution in [0.3, 0.4) is 0 Å². The summed E-state index contributed by atoms with van der Waals surface area (Å²) in [6.45, 7) is 3.78. The lowest BCUT2D eigenvalue weighted by molar-refractivity contribution is -0.161. The number of hydrogen-bond acceptors (Lipinski definition) is 8. The summed E-state index contributed by atoms with van der Waals surface area (Å²) in [5.41, 5.74) is 5.37. The molecule has 0 amide bonds. The van der Waals surface area contributed by atoms with Gasteiger partial charge < -0.3 is 20.1 Å². The molecule has 0 aliphatic carbocycles. The average Bonchev–Trinajstić information content (AvgIpc) is 3.33. The van der Waals surface area contributed by atoms with E-state index in [4.69, 9.17) is 24.3 Å². The second-order valence-corrected chi connectivity index (χ2v) is 21.7. The van der Waals surface area contributed by atoms with Crippen LogP contribution in [0.25, 0.3) is 0 Å². The van der Waals surface area contributed by atoms with Crippen LogP contribution >= 0.6 is 7.82 Å². The summed E-state index contributed by atoms with van der Waals surface area (Å²) in [6, 6.07) is 0. The van der Waals surface area contributed by atoms with E-state index in [2.05, 4.69) is 26.0 Å². The van der Waals surface area contributed by atoms with Crippen LogP contribution in [0.2, 0.25) is 0 Å². The van der Waals surface area contributed by atoms with Gasteiger partial charge in [-0.2, -0.15) is 0 Å². The van der Waals surface area contributed by atoms with Crippen LogP contribution in [0.15, 0.2) is 12.2 Å². The third kappa shape index (κ3) is 54.1. The fourth-order valence-corrected chi connectivity index (χ4v) is 9.75. The van der Waals surface area contributed by atoms with Crippen molar-refractivity contribution < 1.29 is 37.6 Å². The highest BCUT2D eigenvalue weighted by molar-refractivity contribution is 7.47. The summed E-state index contributed by atoms with van der Waals surface area (Å²) in [5, 5.41) is 0. The second-order valence-electron chi connectivity index (χ2n) is 20.2. The van der Waals surface area contributed by atoms with Crippen molar-refractivity contribution in [3.8, 4) is 0 Å². The minimum Gasteiger partial charge on any atom is -0.462 e. The second kappa shape index (κ2) is 55.1. The zero-order valence-electron chi connectivity index (χ0n) is 45.1. The number of hydrogen-bond donors (Lipinski definition) is 2. The number of nitrogens with two attached hydrogens (primary N) is 1. The molecule has 2 atom stereocenters. The molecule has 0 bridgehead atoms. The van der Waals surface area contributed by atoms with Crippen LogP contribution in [0, 0.1) is 0 Å². The van der Waals surface area contributed by atoms with Crippen molar-refractivity contribution in [2.45, 2.75) is 322 Å². The van der Waals surface area contributed by atoms with E-state index >= 15 is 0 Å². The summed E-state index contributed by atoms with van der Waals surface area (Å²) in [6.07, 6.45) is 63.0. The normalized spacial score (nSPS) is 13.1. The van der Waals surface area contributed by atoms with Crippen LogP contribution in [0.1, 0.15) is 316 Å². The Morgan fingerprint density at radius 2 is 0.721 bits per heavy atom. The lowest BCUT2D eigenvalue weighted by Gasteiger charge is -2.19. The van der Waals surface area contributed by atoms with Gasteiger partial charge in [0.15, 0.2) is 6.10 Å². The Kier molecular flexibility index (Phi) is 54.1. The first-order valence-electron chi connectivity index (χ1n) is 29.7. The molecule has 0 saturated heterocycles. The standard InChI is InChI=1S/C58H114NO8P/c1-3-5-7-9-11-13-15-17-19-20-21-22-23-24-25-26-27-28-29-30-31-32-33-34-35-36-37-39-40-42-44-46-48-50-57(60)64-54-56(55-66-68(62,63)65-53-52-59)67-58(61)51-49-47-45-43-41-38-18-16-14-12-10-8-6-4-2/h16,18,56H,3-15,17,19-55,59H2,1-2H3,(H,62,63)/b18-16-. The molecule has 10 heteroatoms. The number of unbranched alkanes of at least 4 members (excludes halogenated alkanes) is 42. The maximum Gasteiger partial charge on any atom is 0.472 e. The summed E-state index contributed by atoms with van der Waals surface area (Å²) in [4.78, 5) is 35.1. The highest BCUT2D eigenvalue weighted by atomic mass is 31.2. The van der Waals surface area contributed by atoms with Gasteiger partial charge in [0.05, 0.1) is 13.2 Å². The van der Waals surface area contributed by atoms with E-state index in [1.54, 1.807) is 0 Å². The van der Waals surface area contributed by atoms with Gasteiger partial charge in [-0.1, -0.05) is 276 Å². The molecule has 0 aliphatic heterocycles. The van der Waals surface area contributed by atoms with Gasteiger partial charge in [0.1, 0.15) is 6.61 Å². The van der Waals surface area contributed by atoms with Crippen LogP contribution in [-0.2, 0) is 32.7 Å². The predicted octanol–water partition coefficient (Wildman–Crippen LogP) is 18.5. The molecule has 0 fully saturated rings. The van der Waals surface area contributed by atoms with E-state index in [9.17, 15) is 19.0 Å². The van der Waals surface area contributed by atoms with Crippen LogP contribution in [0.5, 0.6) is 0 Å². The number of carbonyl (C=O) groups is 2. The molecular weight excluding hydrogens is 870 g/mol. The number of phosphoric ester groups is 1. The Labute approximate surface area is 421 Å². The van der Waals surface area contributed by atoms with Crippen molar-refractivity contribution in [2.75, 3.05) is 26.4 Å². The summed E-state index contributed by atoms with van der Waals surface area (Å²) >= 11 is 0. The van der Waals surface area contributed by atoms with Gasteiger partial charge in [-0.15, -0.1) is 0 Å². The Hall–Kier alpha value is -1.25. The van der Waals surface area contributed by atoms with Gasteiger partial charge in [-0.3, -0.25) is 18.6 Å². The number of allylic oxidation sites excluding steroid dienone is 2. The molecule has 0 radical (unpaired) electrons. The molecule has 0 spiro atoms. The minimum atomic E-state index is -4.38. The molecule has 404 valence electrons. The van der Waals surface area contributed by atoms with Gasteiger partial charge in [-0.05, 0) is 38.5 Å². The third-order valence-corrected chi connectivity index (χ3v) is 14.4. The van der Waals surface area contributed by atoms with Crippen LogP contribution in [-0.4, -0.2) is 49.3 Å². The molecule has 0 aromatic heterocycles. The fraction of sp³-hybridized carbons (Fsp3) is 0.931. The average molecular weight is 985 g/mol. The number of carbonyl (C=O) groups excluding carboxylic acids is 2. The zero-order chi connectivity index (χ0) is 49.5. The van der Waals surface area contributed by atoms with E-state index in [1.807, 2.05) is 0 Å². The molecule has 0 aromatic carbocycles. The Balaban J connectivity index is 3.78. The van der Waals surface area contributed by atoms with Gasteiger partial charge in [0.2, 0.25) is 0 Å². The van der Waals surface area contributed by atoms with Gasteiger partial charge in [0, 0.05) is 19.4 Å². The summed E-state index contributed by atoms with van der Waals surface area (Å²) < 4.78 is 33.0. The SMILES string of the molecule is CCCCCCC/C=C\CCCCCCCC(=O)OC(COC(=O)CCCCCCCCCCCCCCCCCCCCCCCCCCCCCCCCCCC)COP(=O)(O)OCCN. The first kappa shape index (κ1) is 66.8. The lowest BCUT2D eigenvalue weighted by atomic mass is 10.0. The van der Waals surface area contributed by atoms with Gasteiger partial charge in [0.25, 0.3) is 0 Å². The topological polar surface area (TPSA) is 134 Å². The molecule has 0 rings (SSSR count). The molecule has 68 heavy (non-hydrogen) atoms. The van der Waals surface area contributed by atoms with Crippen molar-refractivity contribution in [3.63, 3.8) is 0 Å². The quantitative estimate of drug-likeness (QED) is 0.0264. The number of rotatable bonds is 57. The molecule has 0 aromatic rings. The molecule has 3 N–H and O–H groups in total. The van der Waals surface area contributed by atoms with Crippen LogP contribution in [0.4, 0.5) is 0 Å². The van der Waals surface area contributed by atoms with E-state index in [1.165, 1.54) is 231 Å². The minimum absolute atomic E-state index is 0.0551. The maximum absolute atomic E-state index is 12.6. The predicted molar refractivity (Wildman–Crippen MR) is 289 cm³/mol. The van der Waals surface area contributed by atoms with E-state index < -0.39 is 26.5 Å². The number of esters is 2. The van der Waals surface area contributed by atoms with Crippen LogP contribution < -0.4 is 5.73 Å². The number of phosphoric acid groups is 1. The molecule has 0 heterocycles. The lowest BCUT2D eigenvalue weighted by Crippen LogP contribution is -2.29. The van der Waals surface area contributed by atoms with Gasteiger partial charge >= 0.3 is 19.8 Å². The highest BCUT2D eigenvalue weighted by Crippen LogP contribution is 2.43. The Morgan fingerprint density at radius 3 is 1.04 bits per heavy atom. The van der Waals surface area contributed by atoms with Crippen molar-refractivity contribution in [2.24, 2.45) is 5.73 Å². The first-order chi connectivity index (χ1) is 33.3. The fourth-order valence-electron chi connectivity index (χ4n) is 8.99. The zero-order valence-corrected chi connectivity index (χ0v) is 46.0. The monoisotopic (exact) mass is 984 g/mol. The van der Waals surface area contributed by atoms with Crippen molar-refractivity contribution in [1.29, 1.82) is 0 Å². The molecule has 2 unspecified atom stereocenters. The van der Waals surface area contributed by atoms with E-state index in [0.29, 0.717) is 6.42 Å². The molecule has 9 nitrogen and oxygen atoms in total. The van der Waals surface area contributed by atoms with Crippen molar-refractivity contribution in [1.82, 2.24) is 0 Å². The van der Waals surface area contributed by atoms with Gasteiger partial charge in [-0.25, -0.2) is 4.57 Å². The molecule has 0 aliphatic rings. The summed E-state index contributed by atoms with van der Waals surface area (Å²) in [5.74, 6) is -0.821. The first-order valence-corrected chi connectivity index (χ1v) is 31.2. The molecular formula is C58H114NO8P. The van der Waals surface area contributed by atoms with Crippen molar-refractivity contribution in [3.05, 3.63) is 12.2 Å². The third-order valence-electron chi connectivity index (χ3n) is 13.4. The number of ether oxygens (including phenoxy) is 2. The Bertz CT molecular complexity index is 1120. The van der Waals surface area contributed by atoms with E-state index in [-0.39, 0.29) is 38.6 Å². The largest absolute Gasteiger partial charge is 0.472 e. The Morgan fingerprint density at radius 1 is 0.426 bits per heavy atom. The van der Waals surface area contributed by atoms with Crippen molar-refractivity contribution >= 4 is 19.8 Å². The highest BCUT2D eigenvalue weighted by Gasteiger charge is 2.26. The summed E-state index contributed by atoms with van der Waals surface area (Å²) in [7, 11) is -4.38. The van der Waals surface area contributed by atoms with E-state index in [0.717, 1.165) is 51.4 Å². The smallest absolute Gasteiger partial charge is 0.462 e. The maximum atomic E-state index is 12.6.